The summed E-state index contributed by atoms with van der Waals surface area (Å²) < 4.78 is 0. The molecule has 3 heterocycles. The number of hydrogen-bond acceptors (Lipinski definition) is 4. The van der Waals surface area contributed by atoms with Crippen LogP contribution in [0.5, 0.6) is 0 Å². The van der Waals surface area contributed by atoms with Crippen LogP contribution in [0.4, 0.5) is 0 Å². The maximum atomic E-state index is 12.4. The van der Waals surface area contributed by atoms with Crippen molar-refractivity contribution >= 4 is 17.8 Å². The molecule has 2 saturated heterocycles. The third-order valence-electron chi connectivity index (χ3n) is 6.88. The van der Waals surface area contributed by atoms with E-state index in [9.17, 15) is 9.59 Å². The number of guanidine groups is 1. The molecule has 0 spiro atoms. The van der Waals surface area contributed by atoms with Gasteiger partial charge in [0.05, 0.1) is 11.1 Å². The Balaban J connectivity index is 1.18. The minimum absolute atomic E-state index is 0.172. The van der Waals surface area contributed by atoms with Crippen molar-refractivity contribution in [2.75, 3.05) is 27.2 Å². The number of unbranched alkanes of at least 4 members (excludes halogenated alkanes) is 1. The van der Waals surface area contributed by atoms with Gasteiger partial charge in [-0.3, -0.25) is 19.5 Å². The normalized spacial score (nSPS) is 26.7. The molecule has 7 nitrogen and oxygen atoms in total. The van der Waals surface area contributed by atoms with E-state index < -0.39 is 0 Å². The van der Waals surface area contributed by atoms with Gasteiger partial charge in [-0.25, -0.2) is 0 Å². The number of amides is 2. The van der Waals surface area contributed by atoms with Gasteiger partial charge in [0, 0.05) is 38.3 Å². The van der Waals surface area contributed by atoms with Crippen LogP contribution in [-0.4, -0.2) is 72.9 Å². The van der Waals surface area contributed by atoms with Crippen molar-refractivity contribution in [3.05, 3.63) is 35.4 Å². The lowest BCUT2D eigenvalue weighted by Crippen LogP contribution is -2.56. The average Bonchev–Trinajstić information content (AvgIpc) is 2.98. The second-order valence-electron chi connectivity index (χ2n) is 8.73. The van der Waals surface area contributed by atoms with Crippen molar-refractivity contribution in [1.29, 1.82) is 0 Å². The van der Waals surface area contributed by atoms with Crippen LogP contribution in [0.1, 0.15) is 65.7 Å². The topological polar surface area (TPSA) is 77.0 Å². The van der Waals surface area contributed by atoms with Crippen molar-refractivity contribution in [3.63, 3.8) is 0 Å². The molecule has 3 aliphatic rings. The molecule has 2 amide bonds. The molecular formula is C23H33N5O2. The number of piperidine rings is 2. The van der Waals surface area contributed by atoms with E-state index in [0.29, 0.717) is 35.8 Å². The van der Waals surface area contributed by atoms with Crippen molar-refractivity contribution in [2.45, 2.75) is 63.1 Å². The number of nitrogens with zero attached hydrogens (tertiary/aromatic N) is 3. The summed E-state index contributed by atoms with van der Waals surface area (Å²) >= 11 is 0. The molecule has 0 radical (unpaired) electrons. The zero-order chi connectivity index (χ0) is 21.1. The summed E-state index contributed by atoms with van der Waals surface area (Å²) in [6, 6.07) is 8.90. The first kappa shape index (κ1) is 20.8. The van der Waals surface area contributed by atoms with Gasteiger partial charge in [-0.05, 0) is 57.7 Å². The molecule has 3 aliphatic heterocycles. The Morgan fingerprint density at radius 3 is 2.30 bits per heavy atom. The number of benzene rings is 1. The average molecular weight is 412 g/mol. The summed E-state index contributed by atoms with van der Waals surface area (Å²) in [6.45, 7) is 1.22. The lowest BCUT2D eigenvalue weighted by Gasteiger charge is -2.47. The number of carbonyl (C=O) groups is 2. The SMILES string of the molecule is CN=C(NCCCCN1C(=O)c2ccccc2C1=O)NC1CC2CCCC(C1)N2C. The Kier molecular flexibility index (Phi) is 6.37. The van der Waals surface area contributed by atoms with Gasteiger partial charge in [-0.15, -0.1) is 0 Å². The zero-order valence-electron chi connectivity index (χ0n) is 18.1. The number of imide groups is 1. The quantitative estimate of drug-likeness (QED) is 0.325. The molecule has 1 aromatic carbocycles. The second kappa shape index (κ2) is 9.16. The fourth-order valence-corrected chi connectivity index (χ4v) is 5.17. The fourth-order valence-electron chi connectivity index (χ4n) is 5.17. The van der Waals surface area contributed by atoms with E-state index in [1.807, 2.05) is 7.05 Å². The van der Waals surface area contributed by atoms with Gasteiger partial charge >= 0.3 is 0 Å². The number of carbonyl (C=O) groups excluding carboxylic acids is 2. The predicted molar refractivity (Wildman–Crippen MR) is 118 cm³/mol. The summed E-state index contributed by atoms with van der Waals surface area (Å²) in [4.78, 5) is 33.1. The molecule has 2 fully saturated rings. The van der Waals surface area contributed by atoms with Crippen LogP contribution < -0.4 is 10.6 Å². The summed E-state index contributed by atoms with van der Waals surface area (Å²) in [5.41, 5.74) is 1.04. The van der Waals surface area contributed by atoms with E-state index in [-0.39, 0.29) is 11.8 Å². The van der Waals surface area contributed by atoms with E-state index in [1.165, 1.54) is 37.0 Å². The number of rotatable bonds is 6. The Morgan fingerprint density at radius 1 is 1.07 bits per heavy atom. The third-order valence-corrected chi connectivity index (χ3v) is 6.88. The van der Waals surface area contributed by atoms with E-state index in [4.69, 9.17) is 0 Å². The van der Waals surface area contributed by atoms with Crippen LogP contribution >= 0.6 is 0 Å². The van der Waals surface area contributed by atoms with Crippen LogP contribution in [0, 0.1) is 0 Å². The molecule has 4 rings (SSSR count). The van der Waals surface area contributed by atoms with Gasteiger partial charge < -0.3 is 15.5 Å². The molecule has 0 aromatic heterocycles. The lowest BCUT2D eigenvalue weighted by molar-refractivity contribution is 0.0526. The van der Waals surface area contributed by atoms with Gasteiger partial charge in [-0.1, -0.05) is 18.6 Å². The zero-order valence-corrected chi connectivity index (χ0v) is 18.1. The summed E-state index contributed by atoms with van der Waals surface area (Å²) in [5.74, 6) is 0.506. The highest BCUT2D eigenvalue weighted by atomic mass is 16.2. The van der Waals surface area contributed by atoms with E-state index in [0.717, 1.165) is 25.3 Å². The molecule has 30 heavy (non-hydrogen) atoms. The van der Waals surface area contributed by atoms with Crippen LogP contribution in [0.25, 0.3) is 0 Å². The number of fused-ring (bicyclic) bond motifs is 3. The van der Waals surface area contributed by atoms with E-state index >= 15 is 0 Å². The molecule has 0 aliphatic carbocycles. The number of aliphatic imine (C=N–C) groups is 1. The van der Waals surface area contributed by atoms with Crippen molar-refractivity contribution in [1.82, 2.24) is 20.4 Å². The van der Waals surface area contributed by atoms with Crippen LogP contribution in [0.3, 0.4) is 0 Å². The summed E-state index contributed by atoms with van der Waals surface area (Å²) in [5, 5.41) is 7.00. The monoisotopic (exact) mass is 411 g/mol. The van der Waals surface area contributed by atoms with Gasteiger partial charge in [0.25, 0.3) is 11.8 Å². The molecule has 2 unspecified atom stereocenters. The van der Waals surface area contributed by atoms with Gasteiger partial charge in [0.15, 0.2) is 5.96 Å². The number of hydrogen-bond donors (Lipinski definition) is 2. The first-order chi connectivity index (χ1) is 14.6. The highest BCUT2D eigenvalue weighted by Gasteiger charge is 2.36. The Hall–Kier alpha value is -2.41. The standard InChI is InChI=1S/C23H33N5O2/c1-24-23(26-16-14-17-8-7-9-18(15-16)27(17)2)25-12-5-6-13-28-21(29)19-10-3-4-11-20(19)22(28)30/h3-4,10-11,16-18H,5-9,12-15H2,1-2H3,(H2,24,25,26). The maximum absolute atomic E-state index is 12.4. The molecule has 7 heteroatoms. The van der Waals surface area contributed by atoms with Crippen LogP contribution in [-0.2, 0) is 0 Å². The van der Waals surface area contributed by atoms with Crippen molar-refractivity contribution in [3.8, 4) is 0 Å². The van der Waals surface area contributed by atoms with E-state index in [2.05, 4.69) is 27.6 Å². The first-order valence-corrected chi connectivity index (χ1v) is 11.2. The minimum atomic E-state index is -0.172. The van der Waals surface area contributed by atoms with Gasteiger partial charge in [-0.2, -0.15) is 0 Å². The van der Waals surface area contributed by atoms with Crippen molar-refractivity contribution in [2.24, 2.45) is 4.99 Å². The lowest BCUT2D eigenvalue weighted by atomic mass is 9.82. The molecule has 0 saturated carbocycles. The van der Waals surface area contributed by atoms with Gasteiger partial charge in [0.1, 0.15) is 0 Å². The fraction of sp³-hybridized carbons (Fsp3) is 0.609. The highest BCUT2D eigenvalue weighted by molar-refractivity contribution is 6.21. The molecule has 2 atom stereocenters. The molecule has 2 N–H and O–H groups in total. The molecule has 162 valence electrons. The van der Waals surface area contributed by atoms with Crippen molar-refractivity contribution < 1.29 is 9.59 Å². The highest BCUT2D eigenvalue weighted by Crippen LogP contribution is 2.32. The Labute approximate surface area is 178 Å². The summed E-state index contributed by atoms with van der Waals surface area (Å²) in [6.07, 6.45) is 7.94. The molecule has 2 bridgehead atoms. The summed E-state index contributed by atoms with van der Waals surface area (Å²) in [7, 11) is 4.08. The molecule has 1 aromatic rings. The minimum Gasteiger partial charge on any atom is -0.356 e. The Bertz CT molecular complexity index is 775. The Morgan fingerprint density at radius 2 is 1.70 bits per heavy atom. The first-order valence-electron chi connectivity index (χ1n) is 11.2. The third kappa shape index (κ3) is 4.21. The van der Waals surface area contributed by atoms with E-state index in [1.54, 1.807) is 24.3 Å². The maximum Gasteiger partial charge on any atom is 0.261 e. The molecular weight excluding hydrogens is 378 g/mol. The predicted octanol–water partition coefficient (Wildman–Crippen LogP) is 2.24. The van der Waals surface area contributed by atoms with Crippen LogP contribution in [0.15, 0.2) is 29.3 Å². The smallest absolute Gasteiger partial charge is 0.261 e. The second-order valence-corrected chi connectivity index (χ2v) is 8.73. The van der Waals surface area contributed by atoms with Crippen LogP contribution in [0.2, 0.25) is 0 Å². The largest absolute Gasteiger partial charge is 0.356 e. The number of nitrogens with one attached hydrogen (secondary N) is 2. The van der Waals surface area contributed by atoms with Gasteiger partial charge in [0.2, 0.25) is 0 Å².